The van der Waals surface area contributed by atoms with Crippen molar-refractivity contribution in [2.75, 3.05) is 13.1 Å². The van der Waals surface area contributed by atoms with E-state index >= 15 is 0 Å². The van der Waals surface area contributed by atoms with Crippen LogP contribution in [0, 0.1) is 0 Å². The van der Waals surface area contributed by atoms with E-state index in [-0.39, 0.29) is 5.97 Å². The zero-order valence-corrected chi connectivity index (χ0v) is 14.3. The average molecular weight is 356 g/mol. The van der Waals surface area contributed by atoms with Gasteiger partial charge in [-0.3, -0.25) is 0 Å². The molecule has 0 spiro atoms. The van der Waals surface area contributed by atoms with Crippen LogP contribution >= 0.6 is 15.9 Å². The lowest BCUT2D eigenvalue weighted by Crippen LogP contribution is -2.54. The standard InChI is InChI=1S/C16H22BrNO3/c1-15(2,3)21-14(19)16(8-10-18-11-9-16)20-13-7-5-4-6-12(13)17/h4-7,18H,8-11H2,1-3H3. The van der Waals surface area contributed by atoms with E-state index in [1.807, 2.05) is 45.0 Å². The summed E-state index contributed by atoms with van der Waals surface area (Å²) < 4.78 is 12.5. The second-order valence-corrected chi connectivity index (χ2v) is 7.13. The lowest BCUT2D eigenvalue weighted by molar-refractivity contribution is -0.176. The second kappa shape index (κ2) is 6.36. The Labute approximate surface area is 134 Å². The summed E-state index contributed by atoms with van der Waals surface area (Å²) in [7, 11) is 0. The summed E-state index contributed by atoms with van der Waals surface area (Å²) in [4.78, 5) is 12.7. The van der Waals surface area contributed by atoms with E-state index in [0.29, 0.717) is 18.6 Å². The number of rotatable bonds is 3. The maximum absolute atomic E-state index is 12.7. The maximum Gasteiger partial charge on any atom is 0.351 e. The molecule has 5 heteroatoms. The Morgan fingerprint density at radius 3 is 2.43 bits per heavy atom. The van der Waals surface area contributed by atoms with Gasteiger partial charge >= 0.3 is 5.97 Å². The van der Waals surface area contributed by atoms with Crippen LogP contribution in [0.5, 0.6) is 5.75 Å². The molecule has 0 atom stereocenters. The van der Waals surface area contributed by atoms with Gasteiger partial charge in [-0.25, -0.2) is 4.79 Å². The lowest BCUT2D eigenvalue weighted by atomic mass is 9.91. The van der Waals surface area contributed by atoms with Crippen molar-refractivity contribution in [2.24, 2.45) is 0 Å². The van der Waals surface area contributed by atoms with Crippen LogP contribution in [0.2, 0.25) is 0 Å². The number of nitrogens with one attached hydrogen (secondary N) is 1. The molecule has 2 rings (SSSR count). The molecule has 0 aliphatic carbocycles. The molecule has 0 bridgehead atoms. The third kappa shape index (κ3) is 4.20. The number of halogens is 1. The first kappa shape index (κ1) is 16.3. The Kier molecular flexibility index (Phi) is 4.94. The zero-order valence-electron chi connectivity index (χ0n) is 12.7. The van der Waals surface area contributed by atoms with Gasteiger partial charge in [-0.05, 0) is 61.9 Å². The van der Waals surface area contributed by atoms with Gasteiger partial charge in [-0.1, -0.05) is 12.1 Å². The van der Waals surface area contributed by atoms with Crippen molar-refractivity contribution >= 4 is 21.9 Å². The summed E-state index contributed by atoms with van der Waals surface area (Å²) in [5, 5.41) is 3.26. The van der Waals surface area contributed by atoms with Crippen molar-refractivity contribution in [2.45, 2.75) is 44.8 Å². The fourth-order valence-electron chi connectivity index (χ4n) is 2.29. The Morgan fingerprint density at radius 1 is 1.24 bits per heavy atom. The number of hydrogen-bond acceptors (Lipinski definition) is 4. The van der Waals surface area contributed by atoms with Crippen LogP contribution in [0.25, 0.3) is 0 Å². The SMILES string of the molecule is CC(C)(C)OC(=O)C1(Oc2ccccc2Br)CCNCC1. The maximum atomic E-state index is 12.7. The average Bonchev–Trinajstić information content (AvgIpc) is 2.40. The highest BCUT2D eigenvalue weighted by atomic mass is 79.9. The van der Waals surface area contributed by atoms with E-state index in [9.17, 15) is 4.79 Å². The van der Waals surface area contributed by atoms with Crippen molar-refractivity contribution in [1.82, 2.24) is 5.32 Å². The zero-order chi connectivity index (χ0) is 15.5. The van der Waals surface area contributed by atoms with Gasteiger partial charge < -0.3 is 14.8 Å². The largest absolute Gasteiger partial charge is 0.474 e. The van der Waals surface area contributed by atoms with Gasteiger partial charge in [0.1, 0.15) is 11.4 Å². The van der Waals surface area contributed by atoms with Crippen LogP contribution in [-0.4, -0.2) is 30.3 Å². The minimum Gasteiger partial charge on any atom is -0.474 e. The van der Waals surface area contributed by atoms with Crippen molar-refractivity contribution < 1.29 is 14.3 Å². The number of carbonyl (C=O) groups excluding carboxylic acids is 1. The van der Waals surface area contributed by atoms with Gasteiger partial charge in [0.05, 0.1) is 4.47 Å². The molecule has 0 radical (unpaired) electrons. The fraction of sp³-hybridized carbons (Fsp3) is 0.562. The third-order valence-electron chi connectivity index (χ3n) is 3.32. The summed E-state index contributed by atoms with van der Waals surface area (Å²) in [5.74, 6) is 0.387. The molecule has 1 N–H and O–H groups in total. The van der Waals surface area contributed by atoms with E-state index in [2.05, 4.69) is 21.2 Å². The van der Waals surface area contributed by atoms with Crippen LogP contribution in [0.15, 0.2) is 28.7 Å². The van der Waals surface area contributed by atoms with Gasteiger partial charge in [0.15, 0.2) is 0 Å². The molecular formula is C16H22BrNO3. The van der Waals surface area contributed by atoms with Gasteiger partial charge in [-0.15, -0.1) is 0 Å². The highest BCUT2D eigenvalue weighted by Gasteiger charge is 2.45. The summed E-state index contributed by atoms with van der Waals surface area (Å²) in [6, 6.07) is 7.57. The van der Waals surface area contributed by atoms with Crippen LogP contribution in [0.3, 0.4) is 0 Å². The topological polar surface area (TPSA) is 47.6 Å². The van der Waals surface area contributed by atoms with Crippen LogP contribution < -0.4 is 10.1 Å². The molecule has 1 aromatic rings. The summed E-state index contributed by atoms with van der Waals surface area (Å²) in [6.45, 7) is 7.10. The Morgan fingerprint density at radius 2 is 1.86 bits per heavy atom. The third-order valence-corrected chi connectivity index (χ3v) is 3.98. The highest BCUT2D eigenvalue weighted by Crippen LogP contribution is 2.33. The van der Waals surface area contributed by atoms with Crippen molar-refractivity contribution in [3.63, 3.8) is 0 Å². The first-order chi connectivity index (χ1) is 9.82. The minimum absolute atomic E-state index is 0.285. The molecule has 1 aliphatic rings. The molecule has 1 saturated heterocycles. The first-order valence-corrected chi connectivity index (χ1v) is 7.99. The van der Waals surface area contributed by atoms with Crippen LogP contribution in [0.1, 0.15) is 33.6 Å². The molecule has 0 amide bonds. The van der Waals surface area contributed by atoms with E-state index in [1.165, 1.54) is 0 Å². The first-order valence-electron chi connectivity index (χ1n) is 7.20. The molecule has 1 aliphatic heterocycles. The predicted octanol–water partition coefficient (Wildman–Crippen LogP) is 3.29. The van der Waals surface area contributed by atoms with E-state index < -0.39 is 11.2 Å². The lowest BCUT2D eigenvalue weighted by Gasteiger charge is -2.37. The Bertz CT molecular complexity index is 504. The molecule has 21 heavy (non-hydrogen) atoms. The number of hydrogen-bond donors (Lipinski definition) is 1. The fourth-order valence-corrected chi connectivity index (χ4v) is 2.65. The normalized spacial score (nSPS) is 18.1. The smallest absolute Gasteiger partial charge is 0.351 e. The second-order valence-electron chi connectivity index (χ2n) is 6.28. The summed E-state index contributed by atoms with van der Waals surface area (Å²) >= 11 is 3.47. The highest BCUT2D eigenvalue weighted by molar-refractivity contribution is 9.10. The van der Waals surface area contributed by atoms with Gasteiger partial charge in [-0.2, -0.15) is 0 Å². The monoisotopic (exact) mass is 355 g/mol. The number of carbonyl (C=O) groups is 1. The van der Waals surface area contributed by atoms with Crippen molar-refractivity contribution in [3.05, 3.63) is 28.7 Å². The molecule has 116 valence electrons. The molecule has 4 nitrogen and oxygen atoms in total. The Hall–Kier alpha value is -1.07. The van der Waals surface area contributed by atoms with E-state index in [1.54, 1.807) is 0 Å². The number of benzene rings is 1. The molecule has 1 heterocycles. The predicted molar refractivity (Wildman–Crippen MR) is 85.4 cm³/mol. The molecule has 0 saturated carbocycles. The number of esters is 1. The molecular weight excluding hydrogens is 334 g/mol. The number of ether oxygens (including phenoxy) is 2. The quantitative estimate of drug-likeness (QED) is 0.845. The molecule has 0 unspecified atom stereocenters. The molecule has 0 aromatic heterocycles. The summed E-state index contributed by atoms with van der Waals surface area (Å²) in [5.41, 5.74) is -1.44. The van der Waals surface area contributed by atoms with E-state index in [0.717, 1.165) is 17.6 Å². The van der Waals surface area contributed by atoms with Gasteiger partial charge in [0.2, 0.25) is 5.60 Å². The molecule has 1 fully saturated rings. The molecule has 1 aromatic carbocycles. The minimum atomic E-state index is -0.914. The van der Waals surface area contributed by atoms with Gasteiger partial charge in [0, 0.05) is 12.8 Å². The number of piperidine rings is 1. The van der Waals surface area contributed by atoms with Crippen LogP contribution in [0.4, 0.5) is 0 Å². The van der Waals surface area contributed by atoms with Crippen molar-refractivity contribution in [3.8, 4) is 5.75 Å². The Balaban J connectivity index is 2.25. The number of para-hydroxylation sites is 1. The van der Waals surface area contributed by atoms with E-state index in [4.69, 9.17) is 9.47 Å². The van der Waals surface area contributed by atoms with Crippen LogP contribution in [-0.2, 0) is 9.53 Å². The van der Waals surface area contributed by atoms with Crippen molar-refractivity contribution in [1.29, 1.82) is 0 Å². The van der Waals surface area contributed by atoms with Gasteiger partial charge in [0.25, 0.3) is 0 Å². The summed E-state index contributed by atoms with van der Waals surface area (Å²) in [6.07, 6.45) is 1.20.